The second kappa shape index (κ2) is 10.9. The monoisotopic (exact) mass is 483 g/mol. The Morgan fingerprint density at radius 1 is 1.03 bits per heavy atom. The van der Waals surface area contributed by atoms with E-state index >= 15 is 0 Å². The number of ether oxygens (including phenoxy) is 1. The highest BCUT2D eigenvalue weighted by Gasteiger charge is 2.22. The summed E-state index contributed by atoms with van der Waals surface area (Å²) in [6.45, 7) is 2.71. The molecule has 0 atom stereocenters. The van der Waals surface area contributed by atoms with Crippen molar-refractivity contribution in [2.45, 2.75) is 24.7 Å². The van der Waals surface area contributed by atoms with Gasteiger partial charge in [0.15, 0.2) is 0 Å². The molecule has 0 aliphatic carbocycles. The Kier molecular flexibility index (Phi) is 7.44. The molecule has 0 spiro atoms. The lowest BCUT2D eigenvalue weighted by atomic mass is 10.1. The molecular formula is C28H25N3O3S. The number of nitriles is 1. The van der Waals surface area contributed by atoms with E-state index in [1.165, 1.54) is 18.2 Å². The lowest BCUT2D eigenvalue weighted by Crippen LogP contribution is -2.03. The zero-order valence-electron chi connectivity index (χ0n) is 19.3. The first kappa shape index (κ1) is 24.0. The summed E-state index contributed by atoms with van der Waals surface area (Å²) in [7, 11) is -3.99. The van der Waals surface area contributed by atoms with Gasteiger partial charge in [0.1, 0.15) is 22.4 Å². The van der Waals surface area contributed by atoms with Gasteiger partial charge in [0, 0.05) is 17.3 Å². The predicted octanol–water partition coefficient (Wildman–Crippen LogP) is 6.06. The van der Waals surface area contributed by atoms with Gasteiger partial charge >= 0.3 is 0 Å². The van der Waals surface area contributed by atoms with Crippen LogP contribution in [0.1, 0.15) is 25.3 Å². The van der Waals surface area contributed by atoms with Crippen molar-refractivity contribution >= 4 is 15.9 Å². The van der Waals surface area contributed by atoms with Crippen LogP contribution in [0, 0.1) is 11.3 Å². The standard InChI is InChI=1S/C28H25N3O3S/c1-2-3-17-34-25-14-10-11-22(18-25)28-23(21-31(30-28)24-12-6-4-7-13-24)19-27(20-29)35(32,33)26-15-8-5-9-16-26/h4-16,18-19,21H,2-3,17H2,1H3. The van der Waals surface area contributed by atoms with Gasteiger partial charge in [0.2, 0.25) is 9.84 Å². The number of sulfone groups is 1. The summed E-state index contributed by atoms with van der Waals surface area (Å²) >= 11 is 0. The molecule has 0 saturated heterocycles. The number of allylic oxidation sites excluding steroid dienone is 1. The second-order valence-electron chi connectivity index (χ2n) is 7.88. The van der Waals surface area contributed by atoms with Gasteiger partial charge in [-0.3, -0.25) is 0 Å². The Balaban J connectivity index is 1.83. The number of aromatic nitrogens is 2. The van der Waals surface area contributed by atoms with Crippen LogP contribution >= 0.6 is 0 Å². The van der Waals surface area contributed by atoms with Gasteiger partial charge in [-0.15, -0.1) is 0 Å². The lowest BCUT2D eigenvalue weighted by Gasteiger charge is -2.07. The number of benzene rings is 3. The Labute approximate surface area is 205 Å². The van der Waals surface area contributed by atoms with Crippen molar-refractivity contribution in [3.05, 3.63) is 102 Å². The third kappa shape index (κ3) is 5.51. The van der Waals surface area contributed by atoms with E-state index < -0.39 is 9.84 Å². The Hall–Kier alpha value is -4.15. The normalized spacial score (nSPS) is 11.7. The highest BCUT2D eigenvalue weighted by Crippen LogP contribution is 2.30. The van der Waals surface area contributed by atoms with E-state index in [0.717, 1.165) is 24.1 Å². The molecule has 0 N–H and O–H groups in total. The Morgan fingerprint density at radius 3 is 2.43 bits per heavy atom. The molecule has 0 unspecified atom stereocenters. The third-order valence-electron chi connectivity index (χ3n) is 5.38. The summed E-state index contributed by atoms with van der Waals surface area (Å²) in [4.78, 5) is -0.288. The molecule has 0 aliphatic heterocycles. The van der Waals surface area contributed by atoms with Crippen molar-refractivity contribution in [1.29, 1.82) is 5.26 Å². The molecule has 0 bridgehead atoms. The molecule has 7 heteroatoms. The molecular weight excluding hydrogens is 458 g/mol. The molecule has 4 aromatic rings. The first-order valence-electron chi connectivity index (χ1n) is 11.3. The fourth-order valence-electron chi connectivity index (χ4n) is 3.54. The molecule has 0 aliphatic rings. The maximum absolute atomic E-state index is 13.2. The van der Waals surface area contributed by atoms with Crippen LogP contribution in [0.5, 0.6) is 5.75 Å². The van der Waals surface area contributed by atoms with E-state index in [-0.39, 0.29) is 9.80 Å². The number of unbranched alkanes of at least 4 members (excludes halogenated alkanes) is 1. The van der Waals surface area contributed by atoms with E-state index in [4.69, 9.17) is 9.84 Å². The highest BCUT2D eigenvalue weighted by atomic mass is 32.2. The Bertz CT molecular complexity index is 1470. The van der Waals surface area contributed by atoms with Crippen LogP contribution in [0.2, 0.25) is 0 Å². The van der Waals surface area contributed by atoms with Gasteiger partial charge in [0.05, 0.1) is 17.2 Å². The SMILES string of the molecule is CCCCOc1cccc(-c2nn(-c3ccccc3)cc2C=C(C#N)S(=O)(=O)c2ccccc2)c1. The van der Waals surface area contributed by atoms with Gasteiger partial charge in [-0.1, -0.05) is 61.9 Å². The van der Waals surface area contributed by atoms with Crippen molar-refractivity contribution < 1.29 is 13.2 Å². The quantitative estimate of drug-likeness (QED) is 0.213. The van der Waals surface area contributed by atoms with E-state index in [1.807, 2.05) is 60.7 Å². The molecule has 35 heavy (non-hydrogen) atoms. The minimum atomic E-state index is -3.99. The molecule has 1 aromatic heterocycles. The van der Waals surface area contributed by atoms with Crippen molar-refractivity contribution in [2.24, 2.45) is 0 Å². The fourth-order valence-corrected chi connectivity index (χ4v) is 4.71. The van der Waals surface area contributed by atoms with Gasteiger partial charge < -0.3 is 4.74 Å². The molecule has 0 radical (unpaired) electrons. The molecule has 176 valence electrons. The van der Waals surface area contributed by atoms with E-state index in [0.29, 0.717) is 23.6 Å². The summed E-state index contributed by atoms with van der Waals surface area (Å²) in [5.74, 6) is 0.706. The van der Waals surface area contributed by atoms with Gasteiger partial charge in [0.25, 0.3) is 0 Å². The Morgan fingerprint density at radius 2 is 1.74 bits per heavy atom. The zero-order chi connectivity index (χ0) is 24.7. The molecule has 3 aromatic carbocycles. The largest absolute Gasteiger partial charge is 0.494 e. The fraction of sp³-hybridized carbons (Fsp3) is 0.143. The number of hydrogen-bond donors (Lipinski definition) is 0. The highest BCUT2D eigenvalue weighted by molar-refractivity contribution is 7.95. The van der Waals surface area contributed by atoms with E-state index in [1.54, 1.807) is 29.1 Å². The molecule has 6 nitrogen and oxygen atoms in total. The number of nitrogens with zero attached hydrogens (tertiary/aromatic N) is 3. The number of para-hydroxylation sites is 1. The van der Waals surface area contributed by atoms with Crippen molar-refractivity contribution in [3.8, 4) is 28.8 Å². The average molecular weight is 484 g/mol. The topological polar surface area (TPSA) is 85.0 Å². The first-order chi connectivity index (χ1) is 17.0. The van der Waals surface area contributed by atoms with Crippen LogP contribution in [0.4, 0.5) is 0 Å². The average Bonchev–Trinajstić information content (AvgIpc) is 3.32. The molecule has 0 amide bonds. The smallest absolute Gasteiger partial charge is 0.216 e. The second-order valence-corrected chi connectivity index (χ2v) is 9.80. The maximum Gasteiger partial charge on any atom is 0.216 e. The van der Waals surface area contributed by atoms with Gasteiger partial charge in [-0.05, 0) is 48.9 Å². The summed E-state index contributed by atoms with van der Waals surface area (Å²) in [5.41, 5.74) is 2.63. The van der Waals surface area contributed by atoms with Crippen LogP contribution < -0.4 is 4.74 Å². The van der Waals surface area contributed by atoms with Gasteiger partial charge in [-0.25, -0.2) is 13.1 Å². The van der Waals surface area contributed by atoms with E-state index in [9.17, 15) is 13.7 Å². The maximum atomic E-state index is 13.2. The summed E-state index contributed by atoms with van der Waals surface area (Å²) in [6.07, 6.45) is 5.09. The molecule has 4 rings (SSSR count). The van der Waals surface area contributed by atoms with Crippen molar-refractivity contribution in [1.82, 2.24) is 9.78 Å². The first-order valence-corrected chi connectivity index (χ1v) is 12.8. The summed E-state index contributed by atoms with van der Waals surface area (Å²) in [5, 5.41) is 14.5. The van der Waals surface area contributed by atoms with Crippen molar-refractivity contribution in [2.75, 3.05) is 6.61 Å². The zero-order valence-corrected chi connectivity index (χ0v) is 20.2. The predicted molar refractivity (Wildman–Crippen MR) is 137 cm³/mol. The third-order valence-corrected chi connectivity index (χ3v) is 7.06. The number of hydrogen-bond acceptors (Lipinski definition) is 5. The van der Waals surface area contributed by atoms with Crippen LogP contribution in [-0.2, 0) is 9.84 Å². The van der Waals surface area contributed by atoms with Crippen molar-refractivity contribution in [3.63, 3.8) is 0 Å². The van der Waals surface area contributed by atoms with Crippen LogP contribution in [-0.4, -0.2) is 24.8 Å². The molecule has 0 saturated carbocycles. The van der Waals surface area contributed by atoms with Crippen LogP contribution in [0.25, 0.3) is 23.0 Å². The summed E-state index contributed by atoms with van der Waals surface area (Å²) < 4.78 is 33.8. The minimum Gasteiger partial charge on any atom is -0.494 e. The van der Waals surface area contributed by atoms with Gasteiger partial charge in [-0.2, -0.15) is 10.4 Å². The van der Waals surface area contributed by atoms with Crippen LogP contribution in [0.3, 0.4) is 0 Å². The lowest BCUT2D eigenvalue weighted by molar-refractivity contribution is 0.309. The summed E-state index contributed by atoms with van der Waals surface area (Å²) in [6, 6.07) is 26.8. The van der Waals surface area contributed by atoms with E-state index in [2.05, 4.69) is 6.92 Å². The minimum absolute atomic E-state index is 0.0659. The van der Waals surface area contributed by atoms with Crippen LogP contribution in [0.15, 0.2) is 101 Å². The number of rotatable bonds is 9. The molecule has 1 heterocycles. The molecule has 0 fully saturated rings.